The molecule has 0 bridgehead atoms. The number of rotatable bonds is 4. The Balaban J connectivity index is 1.75. The number of carbonyl (C=O) groups is 1. The number of nitriles is 1. The first-order valence-corrected chi connectivity index (χ1v) is 10.8. The van der Waals surface area contributed by atoms with E-state index in [2.05, 4.69) is 11.4 Å². The Morgan fingerprint density at radius 1 is 1.31 bits per heavy atom. The summed E-state index contributed by atoms with van der Waals surface area (Å²) in [6.45, 7) is 3.81. The highest BCUT2D eigenvalue weighted by Crippen LogP contribution is 2.38. The highest BCUT2D eigenvalue weighted by molar-refractivity contribution is 7.16. The van der Waals surface area contributed by atoms with Crippen molar-refractivity contribution in [3.05, 3.63) is 62.3 Å². The minimum absolute atomic E-state index is 0.186. The van der Waals surface area contributed by atoms with Gasteiger partial charge in [0.15, 0.2) is 0 Å². The number of anilines is 1. The third kappa shape index (κ3) is 3.36. The summed E-state index contributed by atoms with van der Waals surface area (Å²) < 4.78 is 1.58. The Morgan fingerprint density at radius 3 is 2.83 bits per heavy atom. The SMILES string of the molecule is CCC(C(=O)Nc1sc2c(c1C#N)CCCC2)n1c(=O)cc(C)c2ccccc21. The number of aromatic nitrogens is 1. The third-order valence-corrected chi connectivity index (χ3v) is 6.89. The number of carbonyl (C=O) groups excluding carboxylic acids is 1. The number of amides is 1. The third-order valence-electron chi connectivity index (χ3n) is 5.69. The van der Waals surface area contributed by atoms with Crippen LogP contribution in [0.3, 0.4) is 0 Å². The molecule has 1 aliphatic rings. The zero-order valence-corrected chi connectivity index (χ0v) is 17.4. The molecule has 29 heavy (non-hydrogen) atoms. The van der Waals surface area contributed by atoms with Crippen molar-refractivity contribution in [2.75, 3.05) is 5.32 Å². The molecule has 1 amide bonds. The molecule has 0 aliphatic heterocycles. The molecule has 0 radical (unpaired) electrons. The molecular weight excluding hydrogens is 382 g/mol. The Bertz CT molecular complexity index is 1200. The van der Waals surface area contributed by atoms with Crippen molar-refractivity contribution in [2.45, 2.75) is 52.0 Å². The van der Waals surface area contributed by atoms with Crippen LogP contribution in [-0.2, 0) is 17.6 Å². The van der Waals surface area contributed by atoms with Crippen LogP contribution in [0.5, 0.6) is 0 Å². The number of hydrogen-bond donors (Lipinski definition) is 1. The van der Waals surface area contributed by atoms with Gasteiger partial charge in [-0.05, 0) is 56.2 Å². The second-order valence-corrected chi connectivity index (χ2v) is 8.60. The number of hydrogen-bond acceptors (Lipinski definition) is 4. The lowest BCUT2D eigenvalue weighted by Gasteiger charge is -2.20. The van der Waals surface area contributed by atoms with Gasteiger partial charge in [-0.2, -0.15) is 5.26 Å². The van der Waals surface area contributed by atoms with Crippen molar-refractivity contribution in [2.24, 2.45) is 0 Å². The molecule has 0 saturated heterocycles. The fourth-order valence-corrected chi connectivity index (χ4v) is 5.49. The summed E-state index contributed by atoms with van der Waals surface area (Å²) in [7, 11) is 0. The average molecular weight is 406 g/mol. The lowest BCUT2D eigenvalue weighted by Crippen LogP contribution is -2.33. The van der Waals surface area contributed by atoms with Crippen molar-refractivity contribution >= 4 is 33.1 Å². The number of fused-ring (bicyclic) bond motifs is 2. The average Bonchev–Trinajstić information content (AvgIpc) is 3.07. The predicted molar refractivity (Wildman–Crippen MR) is 117 cm³/mol. The van der Waals surface area contributed by atoms with Gasteiger partial charge >= 0.3 is 0 Å². The van der Waals surface area contributed by atoms with Gasteiger partial charge in [0.05, 0.1) is 11.1 Å². The monoisotopic (exact) mass is 405 g/mol. The molecule has 3 aromatic rings. The van der Waals surface area contributed by atoms with Crippen molar-refractivity contribution < 1.29 is 4.79 Å². The van der Waals surface area contributed by atoms with Gasteiger partial charge in [-0.15, -0.1) is 11.3 Å². The molecule has 1 N–H and O–H groups in total. The number of pyridine rings is 1. The predicted octanol–water partition coefficient (Wildman–Crippen LogP) is 4.71. The van der Waals surface area contributed by atoms with Crippen LogP contribution in [0.1, 0.15) is 53.8 Å². The van der Waals surface area contributed by atoms with E-state index in [1.165, 1.54) is 16.2 Å². The van der Waals surface area contributed by atoms with Gasteiger partial charge in [0, 0.05) is 16.3 Å². The largest absolute Gasteiger partial charge is 0.315 e. The van der Waals surface area contributed by atoms with Gasteiger partial charge in [0.1, 0.15) is 17.1 Å². The van der Waals surface area contributed by atoms with E-state index in [1.54, 1.807) is 10.6 Å². The zero-order chi connectivity index (χ0) is 20.5. The van der Waals surface area contributed by atoms with Crippen LogP contribution in [-0.4, -0.2) is 10.5 Å². The van der Waals surface area contributed by atoms with Gasteiger partial charge in [0.25, 0.3) is 5.56 Å². The summed E-state index contributed by atoms with van der Waals surface area (Å²) in [4.78, 5) is 27.3. The molecule has 2 aromatic heterocycles. The Morgan fingerprint density at radius 2 is 2.07 bits per heavy atom. The molecule has 148 valence electrons. The molecule has 1 aromatic carbocycles. The van der Waals surface area contributed by atoms with Gasteiger partial charge in [-0.3, -0.25) is 14.2 Å². The smallest absolute Gasteiger partial charge is 0.252 e. The van der Waals surface area contributed by atoms with Crippen LogP contribution in [0.25, 0.3) is 10.9 Å². The second-order valence-electron chi connectivity index (χ2n) is 7.49. The van der Waals surface area contributed by atoms with E-state index in [-0.39, 0.29) is 11.5 Å². The summed E-state index contributed by atoms with van der Waals surface area (Å²) in [5.74, 6) is -0.251. The molecule has 5 nitrogen and oxygen atoms in total. The first-order valence-electron chi connectivity index (χ1n) is 10.0. The topological polar surface area (TPSA) is 74.9 Å². The normalized spacial score (nSPS) is 14.2. The first kappa shape index (κ1) is 19.4. The molecule has 0 fully saturated rings. The van der Waals surface area contributed by atoms with E-state index in [4.69, 9.17) is 0 Å². The highest BCUT2D eigenvalue weighted by Gasteiger charge is 2.26. The molecular formula is C23H23N3O2S. The number of nitrogens with zero attached hydrogens (tertiary/aromatic N) is 2. The summed E-state index contributed by atoms with van der Waals surface area (Å²) in [5, 5.41) is 14.2. The van der Waals surface area contributed by atoms with Crippen molar-refractivity contribution in [3.8, 4) is 6.07 Å². The van der Waals surface area contributed by atoms with E-state index in [0.29, 0.717) is 17.0 Å². The lowest BCUT2D eigenvalue weighted by atomic mass is 9.96. The van der Waals surface area contributed by atoms with E-state index in [0.717, 1.165) is 47.7 Å². The fourth-order valence-electron chi connectivity index (χ4n) is 4.24. The molecule has 1 atom stereocenters. The van der Waals surface area contributed by atoms with Crippen LogP contribution in [0.2, 0.25) is 0 Å². The van der Waals surface area contributed by atoms with Gasteiger partial charge in [-0.1, -0.05) is 25.1 Å². The van der Waals surface area contributed by atoms with E-state index >= 15 is 0 Å². The van der Waals surface area contributed by atoms with Gasteiger partial charge in [-0.25, -0.2) is 0 Å². The van der Waals surface area contributed by atoms with Crippen LogP contribution < -0.4 is 10.9 Å². The number of aryl methyl sites for hydroxylation is 2. The summed E-state index contributed by atoms with van der Waals surface area (Å²) in [6.07, 6.45) is 4.53. The number of nitrogens with one attached hydrogen (secondary N) is 1. The maximum Gasteiger partial charge on any atom is 0.252 e. The highest BCUT2D eigenvalue weighted by atomic mass is 32.1. The molecule has 4 rings (SSSR count). The minimum Gasteiger partial charge on any atom is -0.315 e. The van der Waals surface area contributed by atoms with Crippen LogP contribution in [0.4, 0.5) is 5.00 Å². The number of para-hydroxylation sites is 1. The van der Waals surface area contributed by atoms with E-state index in [1.807, 2.05) is 38.1 Å². The fraction of sp³-hybridized carbons (Fsp3) is 0.348. The molecule has 2 heterocycles. The molecule has 0 saturated carbocycles. The van der Waals surface area contributed by atoms with Crippen LogP contribution >= 0.6 is 11.3 Å². The summed E-state index contributed by atoms with van der Waals surface area (Å²) in [5.41, 5.74) is 3.15. The van der Waals surface area contributed by atoms with Crippen molar-refractivity contribution in [1.82, 2.24) is 4.57 Å². The Kier molecular flexibility index (Phi) is 5.25. The molecule has 6 heteroatoms. The van der Waals surface area contributed by atoms with E-state index in [9.17, 15) is 14.9 Å². The second kappa shape index (κ2) is 7.84. The quantitative estimate of drug-likeness (QED) is 0.683. The maximum absolute atomic E-state index is 13.2. The Hall–Kier alpha value is -2.91. The van der Waals surface area contributed by atoms with Gasteiger partial charge < -0.3 is 5.32 Å². The molecule has 1 unspecified atom stereocenters. The maximum atomic E-state index is 13.2. The number of thiophene rings is 1. The van der Waals surface area contributed by atoms with Crippen molar-refractivity contribution in [1.29, 1.82) is 5.26 Å². The summed E-state index contributed by atoms with van der Waals surface area (Å²) >= 11 is 1.51. The standard InChI is InChI=1S/C23H23N3O2S/c1-3-18(26-19-10-6-4-8-15(19)14(2)12-21(26)27)22(28)25-23-17(13-24)16-9-5-7-11-20(16)29-23/h4,6,8,10,12,18H,3,5,7,9,11H2,1-2H3,(H,25,28). The molecule has 0 spiro atoms. The van der Waals surface area contributed by atoms with Crippen molar-refractivity contribution in [3.63, 3.8) is 0 Å². The summed E-state index contributed by atoms with van der Waals surface area (Å²) in [6, 6.07) is 10.9. The minimum atomic E-state index is -0.640. The first-order chi connectivity index (χ1) is 14.0. The zero-order valence-electron chi connectivity index (χ0n) is 16.6. The van der Waals surface area contributed by atoms with Crippen LogP contribution in [0, 0.1) is 18.3 Å². The number of benzene rings is 1. The molecule has 1 aliphatic carbocycles. The lowest BCUT2D eigenvalue weighted by molar-refractivity contribution is -0.119. The Labute approximate surface area is 173 Å². The van der Waals surface area contributed by atoms with Crippen LogP contribution in [0.15, 0.2) is 35.1 Å². The van der Waals surface area contributed by atoms with E-state index < -0.39 is 6.04 Å². The van der Waals surface area contributed by atoms with Gasteiger partial charge in [0.2, 0.25) is 5.91 Å².